The maximum absolute atomic E-state index is 15.6. The summed E-state index contributed by atoms with van der Waals surface area (Å²) >= 11 is 5.92. The number of halogens is 4. The molecule has 1 aliphatic heterocycles. The van der Waals surface area contributed by atoms with E-state index in [9.17, 15) is 18.4 Å². The molecule has 1 N–H and O–H groups in total. The van der Waals surface area contributed by atoms with E-state index in [-0.39, 0.29) is 59.3 Å². The molecule has 1 fully saturated rings. The van der Waals surface area contributed by atoms with Crippen LogP contribution in [0.3, 0.4) is 0 Å². The first-order valence-corrected chi connectivity index (χ1v) is 21.4. The third kappa shape index (κ3) is 11.3. The Labute approximate surface area is 317 Å². The van der Waals surface area contributed by atoms with Crippen LogP contribution in [0, 0.1) is 23.4 Å². The van der Waals surface area contributed by atoms with Crippen molar-refractivity contribution in [2.45, 2.75) is 110 Å². The highest BCUT2D eigenvalue weighted by Gasteiger charge is 2.42. The number of aromatic nitrogens is 1. The molecule has 13 heteroatoms. The van der Waals surface area contributed by atoms with E-state index in [0.717, 1.165) is 6.20 Å². The summed E-state index contributed by atoms with van der Waals surface area (Å²) in [5, 5.41) is 2.70. The lowest BCUT2D eigenvalue weighted by molar-refractivity contribution is -0.116. The Morgan fingerprint density at radius 3 is 2.36 bits per heavy atom. The van der Waals surface area contributed by atoms with E-state index in [2.05, 4.69) is 44.2 Å². The van der Waals surface area contributed by atoms with Gasteiger partial charge in [-0.2, -0.15) is 0 Å². The minimum Gasteiger partial charge on any atom is -0.444 e. The van der Waals surface area contributed by atoms with Gasteiger partial charge in [-0.25, -0.2) is 18.0 Å². The SMILES string of the molecule is CCC(Cc1c(F)cncc1NC(=O)C[C@H](c1cccc(F)c1)c1ccc(Cl)c(F)c1)C1CN(C(=O)OC(C)(C)C)C(CO[Si](C)(C)C(C)(C)C)CO1. The Kier molecular flexibility index (Phi) is 13.8. The van der Waals surface area contributed by atoms with Gasteiger partial charge >= 0.3 is 6.09 Å². The Morgan fingerprint density at radius 1 is 1.04 bits per heavy atom. The molecule has 3 aromatic rings. The summed E-state index contributed by atoms with van der Waals surface area (Å²) in [7, 11) is -2.13. The molecular formula is C40H53ClF3N3O5Si. The second-order valence-electron chi connectivity index (χ2n) is 16.3. The van der Waals surface area contributed by atoms with E-state index >= 15 is 4.39 Å². The van der Waals surface area contributed by atoms with Crippen molar-refractivity contribution in [2.75, 3.05) is 25.1 Å². The first kappa shape index (κ1) is 42.3. The Balaban J connectivity index is 1.55. The molecule has 2 heterocycles. The molecule has 0 radical (unpaired) electrons. The fraction of sp³-hybridized carbons (Fsp3) is 0.525. The van der Waals surface area contributed by atoms with Crippen molar-refractivity contribution in [3.8, 4) is 0 Å². The highest BCUT2D eigenvalue weighted by Crippen LogP contribution is 2.37. The number of hydrogen-bond acceptors (Lipinski definition) is 6. The van der Waals surface area contributed by atoms with Gasteiger partial charge in [0.1, 0.15) is 23.1 Å². The number of carbonyl (C=O) groups excluding carboxylic acids is 2. The van der Waals surface area contributed by atoms with Gasteiger partial charge in [0.05, 0.1) is 55.0 Å². The van der Waals surface area contributed by atoms with Crippen LogP contribution < -0.4 is 5.32 Å². The number of morpholine rings is 1. The molecule has 290 valence electrons. The lowest BCUT2D eigenvalue weighted by Gasteiger charge is -2.44. The normalized spacial score (nSPS) is 18.0. The van der Waals surface area contributed by atoms with Gasteiger partial charge in [0.25, 0.3) is 0 Å². The maximum Gasteiger partial charge on any atom is 0.410 e. The van der Waals surface area contributed by atoms with Gasteiger partial charge in [0.15, 0.2) is 8.32 Å². The minimum atomic E-state index is -2.13. The lowest BCUT2D eigenvalue weighted by atomic mass is 9.87. The zero-order chi connectivity index (χ0) is 39.3. The number of carbonyl (C=O) groups is 2. The number of ether oxygens (including phenoxy) is 2. The van der Waals surface area contributed by atoms with Crippen molar-refractivity contribution in [2.24, 2.45) is 5.92 Å². The van der Waals surface area contributed by atoms with Crippen molar-refractivity contribution in [3.05, 3.63) is 94.0 Å². The fourth-order valence-electron chi connectivity index (χ4n) is 6.05. The standard InChI is InChI=1S/C40H53ClF3N3O5Si/c1-10-25(36-22-47(38(49)52-39(2,3)4)29(23-50-36)24-51-53(8,9)40(5,6)7)17-31-34(44)20-45-21-35(31)46-37(48)19-30(26-12-11-13-28(42)16-26)27-14-15-32(41)33(43)18-27/h11-16,18,20-21,25,29-30,36H,10,17,19,22-24H2,1-9H3,(H,46,48)/t25?,29?,30-,36?/m1/s1. The average molecular weight is 776 g/mol. The van der Waals surface area contributed by atoms with Crippen LogP contribution in [-0.4, -0.2) is 67.7 Å². The predicted molar refractivity (Wildman–Crippen MR) is 204 cm³/mol. The molecule has 1 saturated heterocycles. The lowest BCUT2D eigenvalue weighted by Crippen LogP contribution is -2.58. The number of nitrogens with zero attached hydrogens (tertiary/aromatic N) is 2. The molecule has 1 aliphatic rings. The average Bonchev–Trinajstić information content (AvgIpc) is 3.06. The molecule has 2 aromatic carbocycles. The third-order valence-corrected chi connectivity index (χ3v) is 15.0. The van der Waals surface area contributed by atoms with Crippen LogP contribution in [-0.2, 0) is 25.1 Å². The van der Waals surface area contributed by atoms with Gasteiger partial charge in [-0.1, -0.05) is 63.9 Å². The maximum atomic E-state index is 15.6. The molecule has 4 atom stereocenters. The molecule has 2 amide bonds. The van der Waals surface area contributed by atoms with Crippen molar-refractivity contribution < 1.29 is 36.7 Å². The number of anilines is 1. The molecule has 1 aromatic heterocycles. The van der Waals surface area contributed by atoms with Gasteiger partial charge < -0.3 is 19.2 Å². The van der Waals surface area contributed by atoms with Crippen LogP contribution in [0.5, 0.6) is 0 Å². The van der Waals surface area contributed by atoms with Crippen LogP contribution in [0.4, 0.5) is 23.7 Å². The van der Waals surface area contributed by atoms with Crippen LogP contribution in [0.2, 0.25) is 23.2 Å². The van der Waals surface area contributed by atoms with Crippen LogP contribution in [0.25, 0.3) is 0 Å². The molecular weight excluding hydrogens is 723 g/mol. The third-order valence-electron chi connectivity index (χ3n) is 10.2. The summed E-state index contributed by atoms with van der Waals surface area (Å²) in [5.41, 5.74) is 0.573. The number of benzene rings is 2. The predicted octanol–water partition coefficient (Wildman–Crippen LogP) is 9.91. The highest BCUT2D eigenvalue weighted by atomic mass is 35.5. The van der Waals surface area contributed by atoms with Crippen LogP contribution >= 0.6 is 11.6 Å². The molecule has 4 rings (SSSR count). The van der Waals surface area contributed by atoms with Gasteiger partial charge in [0.2, 0.25) is 5.91 Å². The zero-order valence-corrected chi connectivity index (χ0v) is 34.0. The van der Waals surface area contributed by atoms with Crippen LogP contribution in [0.1, 0.15) is 83.9 Å². The van der Waals surface area contributed by atoms with E-state index in [4.69, 9.17) is 25.5 Å². The summed E-state index contributed by atoms with van der Waals surface area (Å²) in [4.78, 5) is 32.9. The smallest absolute Gasteiger partial charge is 0.410 e. The fourth-order valence-corrected chi connectivity index (χ4v) is 7.21. The minimum absolute atomic E-state index is 0.0228. The molecule has 53 heavy (non-hydrogen) atoms. The number of rotatable bonds is 12. The summed E-state index contributed by atoms with van der Waals surface area (Å²) in [6, 6.07) is 9.57. The molecule has 0 aliphatic carbocycles. The van der Waals surface area contributed by atoms with Gasteiger partial charge in [-0.05, 0) is 86.6 Å². The van der Waals surface area contributed by atoms with E-state index in [0.29, 0.717) is 24.2 Å². The number of nitrogens with one attached hydrogen (secondary N) is 1. The van der Waals surface area contributed by atoms with E-state index in [1.165, 1.54) is 36.5 Å². The number of amides is 2. The second kappa shape index (κ2) is 17.3. The van der Waals surface area contributed by atoms with Crippen LogP contribution in [0.15, 0.2) is 54.9 Å². The number of pyridine rings is 1. The molecule has 8 nitrogen and oxygen atoms in total. The van der Waals surface area contributed by atoms with Crippen molar-refractivity contribution >= 4 is 37.6 Å². The topological polar surface area (TPSA) is 90.0 Å². The Hall–Kier alpha value is -3.45. The quantitative estimate of drug-likeness (QED) is 0.184. The zero-order valence-electron chi connectivity index (χ0n) is 32.2. The monoisotopic (exact) mass is 775 g/mol. The van der Waals surface area contributed by atoms with Crippen molar-refractivity contribution in [3.63, 3.8) is 0 Å². The molecule has 3 unspecified atom stereocenters. The summed E-state index contributed by atoms with van der Waals surface area (Å²) in [6.07, 6.45) is 2.08. The Morgan fingerprint density at radius 2 is 1.74 bits per heavy atom. The van der Waals surface area contributed by atoms with Crippen molar-refractivity contribution in [1.29, 1.82) is 0 Å². The van der Waals surface area contributed by atoms with E-state index < -0.39 is 55.4 Å². The van der Waals surface area contributed by atoms with Gasteiger partial charge in [0, 0.05) is 17.9 Å². The van der Waals surface area contributed by atoms with Gasteiger partial charge in [-0.3, -0.25) is 14.7 Å². The van der Waals surface area contributed by atoms with Gasteiger partial charge in [-0.15, -0.1) is 0 Å². The van der Waals surface area contributed by atoms with E-state index in [1.54, 1.807) is 17.0 Å². The summed E-state index contributed by atoms with van der Waals surface area (Å²) in [6.45, 7) is 18.9. The number of hydrogen-bond donors (Lipinski definition) is 1. The molecule has 0 bridgehead atoms. The highest BCUT2D eigenvalue weighted by molar-refractivity contribution is 6.74. The summed E-state index contributed by atoms with van der Waals surface area (Å²) < 4.78 is 63.1. The second-order valence-corrected chi connectivity index (χ2v) is 21.5. The first-order chi connectivity index (χ1) is 24.7. The van der Waals surface area contributed by atoms with Crippen molar-refractivity contribution in [1.82, 2.24) is 9.88 Å². The Bertz CT molecular complexity index is 1750. The first-order valence-electron chi connectivity index (χ1n) is 18.1. The molecule has 0 spiro atoms. The largest absolute Gasteiger partial charge is 0.444 e. The van der Waals surface area contributed by atoms with E-state index in [1.807, 2.05) is 27.7 Å². The molecule has 0 saturated carbocycles. The summed E-state index contributed by atoms with van der Waals surface area (Å²) in [5.74, 6) is -3.28.